The first-order chi connectivity index (χ1) is 14.0. The minimum Gasteiger partial charge on any atom is -0.497 e. The summed E-state index contributed by atoms with van der Waals surface area (Å²) in [5.74, 6) is -0.0291. The summed E-state index contributed by atoms with van der Waals surface area (Å²) in [5, 5.41) is 9.64. The van der Waals surface area contributed by atoms with E-state index in [2.05, 4.69) is 4.98 Å². The number of aromatic nitrogens is 1. The van der Waals surface area contributed by atoms with Crippen molar-refractivity contribution >= 4 is 56.6 Å². The zero-order valence-corrected chi connectivity index (χ0v) is 16.8. The van der Waals surface area contributed by atoms with Crippen LogP contribution in [0.15, 0.2) is 59.6 Å². The molecular weight excluding hydrogens is 406 g/mol. The van der Waals surface area contributed by atoms with Gasteiger partial charge >= 0.3 is 0 Å². The Labute approximate surface area is 175 Å². The van der Waals surface area contributed by atoms with Crippen LogP contribution >= 0.6 is 24.0 Å². The lowest BCUT2D eigenvalue weighted by atomic mass is 10.1. The van der Waals surface area contributed by atoms with Crippen molar-refractivity contribution in [3.63, 3.8) is 0 Å². The first-order valence-corrected chi connectivity index (χ1v) is 9.72. The molecule has 0 aliphatic carbocycles. The van der Waals surface area contributed by atoms with E-state index in [4.69, 9.17) is 22.2 Å². The smallest absolute Gasteiger partial charge is 0.270 e. The number of thioether (sulfide) groups is 1. The maximum absolute atomic E-state index is 12.9. The monoisotopic (exact) mass is 419 g/mol. The molecule has 0 atom stereocenters. The van der Waals surface area contributed by atoms with Crippen LogP contribution in [0.2, 0.25) is 0 Å². The maximum Gasteiger partial charge on any atom is 0.270 e. The van der Waals surface area contributed by atoms with Crippen LogP contribution in [0, 0.1) is 11.3 Å². The van der Waals surface area contributed by atoms with Crippen molar-refractivity contribution in [1.82, 2.24) is 4.98 Å². The SMILES string of the molecule is COc1ccc2[nH]cc(C(=O)/C=C3/SC(=S)N(c4ccc(C#N)cc4)C3=O)c2c1. The molecule has 1 saturated heterocycles. The molecule has 3 aromatic rings. The normalized spacial score (nSPS) is 15.2. The third kappa shape index (κ3) is 3.42. The Kier molecular flexibility index (Phi) is 4.92. The van der Waals surface area contributed by atoms with E-state index in [0.29, 0.717) is 32.3 Å². The number of hydrogen-bond donors (Lipinski definition) is 1. The highest BCUT2D eigenvalue weighted by Gasteiger charge is 2.34. The van der Waals surface area contributed by atoms with Gasteiger partial charge in [-0.15, -0.1) is 0 Å². The van der Waals surface area contributed by atoms with E-state index in [9.17, 15) is 9.59 Å². The number of allylic oxidation sites excluding steroid dienone is 1. The van der Waals surface area contributed by atoms with Gasteiger partial charge in [0.25, 0.3) is 5.91 Å². The van der Waals surface area contributed by atoms with Crippen molar-refractivity contribution in [2.75, 3.05) is 12.0 Å². The summed E-state index contributed by atoms with van der Waals surface area (Å²) < 4.78 is 5.56. The number of carbonyl (C=O) groups is 2. The number of nitriles is 1. The van der Waals surface area contributed by atoms with Crippen molar-refractivity contribution in [2.45, 2.75) is 0 Å². The number of rotatable bonds is 4. The van der Waals surface area contributed by atoms with Gasteiger partial charge < -0.3 is 9.72 Å². The summed E-state index contributed by atoms with van der Waals surface area (Å²) in [6, 6.07) is 14.0. The summed E-state index contributed by atoms with van der Waals surface area (Å²) in [7, 11) is 1.56. The molecule has 1 N–H and O–H groups in total. The molecular formula is C21H13N3O3S2. The van der Waals surface area contributed by atoms with E-state index < -0.39 is 0 Å². The highest BCUT2D eigenvalue weighted by molar-refractivity contribution is 8.27. The Hall–Kier alpha value is -3.41. The quantitative estimate of drug-likeness (QED) is 0.388. The average molecular weight is 419 g/mol. The van der Waals surface area contributed by atoms with Gasteiger partial charge in [-0.05, 0) is 42.5 Å². The number of nitrogens with zero attached hydrogens (tertiary/aromatic N) is 2. The number of ketones is 1. The number of H-pyrrole nitrogens is 1. The van der Waals surface area contributed by atoms with Crippen LogP contribution in [-0.2, 0) is 4.79 Å². The molecule has 1 aliphatic heterocycles. The minimum atomic E-state index is -0.365. The fraction of sp³-hybridized carbons (Fsp3) is 0.0476. The maximum atomic E-state index is 12.9. The van der Waals surface area contributed by atoms with E-state index in [1.165, 1.54) is 11.0 Å². The van der Waals surface area contributed by atoms with Gasteiger partial charge in [0, 0.05) is 28.7 Å². The van der Waals surface area contributed by atoms with Crippen LogP contribution < -0.4 is 9.64 Å². The van der Waals surface area contributed by atoms with Gasteiger partial charge in [0.2, 0.25) is 0 Å². The second-order valence-corrected chi connectivity index (χ2v) is 7.83. The Balaban J connectivity index is 1.65. The molecule has 0 unspecified atom stereocenters. The number of fused-ring (bicyclic) bond motifs is 1. The zero-order chi connectivity index (χ0) is 20.5. The van der Waals surface area contributed by atoms with Crippen molar-refractivity contribution < 1.29 is 14.3 Å². The number of carbonyl (C=O) groups excluding carboxylic acids is 2. The van der Waals surface area contributed by atoms with E-state index in [1.807, 2.05) is 12.1 Å². The topological polar surface area (TPSA) is 86.2 Å². The van der Waals surface area contributed by atoms with Crippen molar-refractivity contribution in [3.8, 4) is 11.8 Å². The lowest BCUT2D eigenvalue weighted by Crippen LogP contribution is -2.27. The lowest BCUT2D eigenvalue weighted by molar-refractivity contribution is -0.113. The van der Waals surface area contributed by atoms with Crippen molar-refractivity contribution in [2.24, 2.45) is 0 Å². The number of amides is 1. The molecule has 0 radical (unpaired) electrons. The minimum absolute atomic E-state index is 0.251. The summed E-state index contributed by atoms with van der Waals surface area (Å²) in [6.45, 7) is 0. The highest BCUT2D eigenvalue weighted by atomic mass is 32.2. The fourth-order valence-corrected chi connectivity index (χ4v) is 4.27. The first-order valence-electron chi connectivity index (χ1n) is 8.49. The second kappa shape index (κ2) is 7.54. The van der Waals surface area contributed by atoms with Crippen LogP contribution in [0.25, 0.3) is 10.9 Å². The van der Waals surface area contributed by atoms with Crippen LogP contribution in [0.5, 0.6) is 5.75 Å². The number of nitrogens with one attached hydrogen (secondary N) is 1. The van der Waals surface area contributed by atoms with E-state index in [-0.39, 0.29) is 16.6 Å². The summed E-state index contributed by atoms with van der Waals surface area (Å²) in [4.78, 5) is 30.4. The molecule has 6 nitrogen and oxygen atoms in total. The van der Waals surface area contributed by atoms with Crippen LogP contribution in [0.1, 0.15) is 15.9 Å². The van der Waals surface area contributed by atoms with Crippen LogP contribution in [0.4, 0.5) is 5.69 Å². The Morgan fingerprint density at radius 2 is 2.03 bits per heavy atom. The van der Waals surface area contributed by atoms with E-state index in [0.717, 1.165) is 17.3 Å². The van der Waals surface area contributed by atoms with Gasteiger partial charge in [-0.3, -0.25) is 14.5 Å². The summed E-state index contributed by atoms with van der Waals surface area (Å²) >= 11 is 6.40. The Bertz CT molecular complexity index is 1240. The number of hydrogen-bond acceptors (Lipinski definition) is 6. The van der Waals surface area contributed by atoms with Gasteiger partial charge in [0.1, 0.15) is 5.75 Å². The third-order valence-electron chi connectivity index (χ3n) is 4.46. The van der Waals surface area contributed by atoms with Crippen LogP contribution in [0.3, 0.4) is 0 Å². The fourth-order valence-electron chi connectivity index (χ4n) is 3.00. The van der Waals surface area contributed by atoms with Crippen molar-refractivity contribution in [3.05, 3.63) is 70.8 Å². The molecule has 4 rings (SSSR count). The summed E-state index contributed by atoms with van der Waals surface area (Å²) in [6.07, 6.45) is 2.93. The molecule has 1 fully saturated rings. The van der Waals surface area contributed by atoms with E-state index in [1.54, 1.807) is 49.7 Å². The molecule has 0 bridgehead atoms. The molecule has 0 spiro atoms. The Morgan fingerprint density at radius 1 is 1.28 bits per heavy atom. The first kappa shape index (κ1) is 18.9. The molecule has 8 heteroatoms. The summed E-state index contributed by atoms with van der Waals surface area (Å²) in [5.41, 5.74) is 2.29. The van der Waals surface area contributed by atoms with Gasteiger partial charge in [-0.1, -0.05) is 24.0 Å². The largest absolute Gasteiger partial charge is 0.497 e. The number of anilines is 1. The number of ether oxygens (including phenoxy) is 1. The molecule has 1 amide bonds. The van der Waals surface area contributed by atoms with Gasteiger partial charge in [-0.2, -0.15) is 5.26 Å². The zero-order valence-electron chi connectivity index (χ0n) is 15.1. The molecule has 2 aromatic carbocycles. The predicted octanol–water partition coefficient (Wildman–Crippen LogP) is 4.18. The van der Waals surface area contributed by atoms with Gasteiger partial charge in [0.05, 0.1) is 29.3 Å². The average Bonchev–Trinajstić information content (AvgIpc) is 3.28. The van der Waals surface area contributed by atoms with E-state index >= 15 is 0 Å². The van der Waals surface area contributed by atoms with Gasteiger partial charge in [-0.25, -0.2) is 0 Å². The molecule has 142 valence electrons. The standard InChI is InChI=1S/C21H13N3O3S2/c1-27-14-6-7-17-15(8-14)16(11-23-17)18(25)9-19-20(26)24(21(28)29-19)13-4-2-12(10-22)3-5-13/h2-9,11,23H,1H3/b19-9+. The molecule has 2 heterocycles. The van der Waals surface area contributed by atoms with Gasteiger partial charge in [0.15, 0.2) is 10.1 Å². The van der Waals surface area contributed by atoms with Crippen LogP contribution in [-0.4, -0.2) is 28.1 Å². The molecule has 1 aliphatic rings. The number of thiocarbonyl (C=S) groups is 1. The molecule has 29 heavy (non-hydrogen) atoms. The highest BCUT2D eigenvalue weighted by Crippen LogP contribution is 2.35. The number of aromatic amines is 1. The third-order valence-corrected chi connectivity index (χ3v) is 5.77. The Morgan fingerprint density at radius 3 is 2.72 bits per heavy atom. The lowest BCUT2D eigenvalue weighted by Gasteiger charge is -2.14. The number of benzene rings is 2. The predicted molar refractivity (Wildman–Crippen MR) is 116 cm³/mol. The molecule has 1 aromatic heterocycles. The second-order valence-electron chi connectivity index (χ2n) is 6.15. The van der Waals surface area contributed by atoms with Crippen molar-refractivity contribution in [1.29, 1.82) is 5.26 Å². The molecule has 0 saturated carbocycles. The number of methoxy groups -OCH3 is 1.